The largest absolute Gasteiger partial charge is 0.339 e. The Hall–Kier alpha value is -2.54. The van der Waals surface area contributed by atoms with Crippen LogP contribution >= 0.6 is 0 Å². The Morgan fingerprint density at radius 2 is 2.21 bits per heavy atom. The van der Waals surface area contributed by atoms with Crippen LogP contribution in [0.5, 0.6) is 0 Å². The third kappa shape index (κ3) is 2.60. The highest BCUT2D eigenvalue weighted by molar-refractivity contribution is 5.63. The zero-order valence-electron chi connectivity index (χ0n) is 13.8. The smallest absolute Gasteiger partial charge is 0.231 e. The quantitative estimate of drug-likeness (QED) is 0.794. The number of hydrogen-bond acceptors (Lipinski definition) is 6. The van der Waals surface area contributed by atoms with Crippen LogP contribution in [0.3, 0.4) is 0 Å². The fraction of sp³-hybridized carbons (Fsp3) is 0.412. The normalized spacial score (nSPS) is 20.8. The summed E-state index contributed by atoms with van der Waals surface area (Å²) in [5.41, 5.74) is 0.809. The van der Waals surface area contributed by atoms with Crippen LogP contribution in [0.2, 0.25) is 0 Å². The molecule has 7 nitrogen and oxygen atoms in total. The van der Waals surface area contributed by atoms with Crippen LogP contribution in [-0.4, -0.2) is 37.5 Å². The molecular weight excluding hydrogens is 304 g/mol. The molecule has 1 saturated heterocycles. The maximum Gasteiger partial charge on any atom is 0.231 e. The zero-order chi connectivity index (χ0) is 16.5. The van der Waals surface area contributed by atoms with Gasteiger partial charge >= 0.3 is 0 Å². The van der Waals surface area contributed by atoms with Gasteiger partial charge in [0.15, 0.2) is 5.82 Å². The lowest BCUT2D eigenvalue weighted by atomic mass is 9.92. The minimum Gasteiger partial charge on any atom is -0.339 e. The summed E-state index contributed by atoms with van der Waals surface area (Å²) in [4.78, 5) is 9.08. The summed E-state index contributed by atoms with van der Waals surface area (Å²) < 4.78 is 7.30. The van der Waals surface area contributed by atoms with Gasteiger partial charge in [-0.25, -0.2) is 9.67 Å². The molecule has 3 aromatic heterocycles. The first kappa shape index (κ1) is 15.0. The molecule has 0 radical (unpaired) electrons. The second kappa shape index (κ2) is 6.16. The van der Waals surface area contributed by atoms with Crippen LogP contribution in [0.25, 0.3) is 17.2 Å². The first-order valence-electron chi connectivity index (χ1n) is 8.26. The van der Waals surface area contributed by atoms with E-state index >= 15 is 0 Å². The van der Waals surface area contributed by atoms with Crippen molar-refractivity contribution in [3.05, 3.63) is 42.7 Å². The minimum absolute atomic E-state index is 0.260. The zero-order valence-corrected chi connectivity index (χ0v) is 13.8. The lowest BCUT2D eigenvalue weighted by molar-refractivity contribution is 0.315. The molecule has 124 valence electrons. The highest BCUT2D eigenvalue weighted by Gasteiger charge is 2.34. The van der Waals surface area contributed by atoms with E-state index in [0.717, 1.165) is 18.5 Å². The van der Waals surface area contributed by atoms with Crippen LogP contribution in [0.4, 0.5) is 0 Å². The van der Waals surface area contributed by atoms with Crippen molar-refractivity contribution in [1.29, 1.82) is 0 Å². The first-order chi connectivity index (χ1) is 11.7. The summed E-state index contributed by atoms with van der Waals surface area (Å²) in [6.07, 6.45) is 6.32. The van der Waals surface area contributed by atoms with Crippen molar-refractivity contribution in [2.45, 2.75) is 32.2 Å². The molecule has 2 unspecified atom stereocenters. The third-order valence-electron chi connectivity index (χ3n) is 4.50. The van der Waals surface area contributed by atoms with Crippen molar-refractivity contribution in [2.24, 2.45) is 5.92 Å². The highest BCUT2D eigenvalue weighted by Crippen LogP contribution is 2.32. The molecule has 1 fully saturated rings. The summed E-state index contributed by atoms with van der Waals surface area (Å²) in [6.45, 7) is 5.41. The Morgan fingerprint density at radius 3 is 3.00 bits per heavy atom. The molecule has 1 aliphatic heterocycles. The van der Waals surface area contributed by atoms with E-state index in [2.05, 4.69) is 39.4 Å². The van der Waals surface area contributed by atoms with Crippen molar-refractivity contribution in [3.8, 4) is 17.2 Å². The average molecular weight is 324 g/mol. The summed E-state index contributed by atoms with van der Waals surface area (Å²) >= 11 is 0. The van der Waals surface area contributed by atoms with Crippen LogP contribution in [0.15, 0.2) is 41.3 Å². The van der Waals surface area contributed by atoms with Crippen LogP contribution < -0.4 is 5.32 Å². The van der Waals surface area contributed by atoms with Crippen molar-refractivity contribution < 1.29 is 4.52 Å². The van der Waals surface area contributed by atoms with Gasteiger partial charge in [-0.15, -0.1) is 0 Å². The summed E-state index contributed by atoms with van der Waals surface area (Å²) in [7, 11) is 0. The van der Waals surface area contributed by atoms with Gasteiger partial charge in [-0.2, -0.15) is 10.1 Å². The molecule has 24 heavy (non-hydrogen) atoms. The fourth-order valence-corrected chi connectivity index (χ4v) is 3.35. The van der Waals surface area contributed by atoms with E-state index in [0.29, 0.717) is 29.5 Å². The average Bonchev–Trinajstić information content (AvgIpc) is 3.33. The molecule has 4 heterocycles. The summed E-state index contributed by atoms with van der Waals surface area (Å²) in [5.74, 6) is 2.73. The van der Waals surface area contributed by atoms with Crippen LogP contribution in [0, 0.1) is 5.92 Å². The van der Waals surface area contributed by atoms with E-state index < -0.39 is 0 Å². The minimum atomic E-state index is 0.260. The lowest BCUT2D eigenvalue weighted by Crippen LogP contribution is -2.31. The highest BCUT2D eigenvalue weighted by atomic mass is 16.5. The van der Waals surface area contributed by atoms with Crippen molar-refractivity contribution in [3.63, 3.8) is 0 Å². The van der Waals surface area contributed by atoms with Gasteiger partial charge in [-0.05, 0) is 37.1 Å². The molecule has 7 heteroatoms. The molecule has 1 aliphatic rings. The Bertz CT molecular complexity index is 810. The van der Waals surface area contributed by atoms with Gasteiger partial charge in [-0.3, -0.25) is 0 Å². The topological polar surface area (TPSA) is 81.7 Å². The van der Waals surface area contributed by atoms with Crippen LogP contribution in [-0.2, 0) is 0 Å². The van der Waals surface area contributed by atoms with E-state index in [1.54, 1.807) is 17.1 Å². The Morgan fingerprint density at radius 1 is 1.29 bits per heavy atom. The van der Waals surface area contributed by atoms with E-state index in [4.69, 9.17) is 4.52 Å². The maximum atomic E-state index is 5.60. The maximum absolute atomic E-state index is 5.60. The number of pyridine rings is 1. The number of rotatable bonds is 4. The molecular formula is C17H20N6O. The van der Waals surface area contributed by atoms with Crippen LogP contribution in [0.1, 0.15) is 32.1 Å². The summed E-state index contributed by atoms with van der Waals surface area (Å²) in [6, 6.07) is 6.04. The number of hydrogen-bond donors (Lipinski definition) is 1. The standard InChI is InChI=1S/C17H20N6O/c1-11(2)14-12(6-9-18-14)17-21-15(22-24-17)13-5-3-7-19-16(13)23-10-4-8-20-23/h3-5,7-8,10-12,14,18H,6,9H2,1-2H3. The molecule has 0 spiro atoms. The number of nitrogens with one attached hydrogen (secondary N) is 1. The van der Waals surface area contributed by atoms with Crippen molar-refractivity contribution in [1.82, 2.24) is 30.2 Å². The first-order valence-corrected chi connectivity index (χ1v) is 8.26. The molecule has 3 aromatic rings. The fourth-order valence-electron chi connectivity index (χ4n) is 3.35. The molecule has 0 amide bonds. The van der Waals surface area contributed by atoms with Gasteiger partial charge in [-0.1, -0.05) is 19.0 Å². The third-order valence-corrected chi connectivity index (χ3v) is 4.50. The van der Waals surface area contributed by atoms with Crippen molar-refractivity contribution >= 4 is 0 Å². The van der Waals surface area contributed by atoms with Gasteiger partial charge < -0.3 is 9.84 Å². The monoisotopic (exact) mass is 324 g/mol. The van der Waals surface area contributed by atoms with Gasteiger partial charge in [0.05, 0.1) is 11.5 Å². The predicted octanol–water partition coefficient (Wildman–Crippen LogP) is 2.42. The second-order valence-corrected chi connectivity index (χ2v) is 6.40. The Kier molecular flexibility index (Phi) is 3.86. The van der Waals surface area contributed by atoms with E-state index in [1.807, 2.05) is 24.4 Å². The van der Waals surface area contributed by atoms with Gasteiger partial charge in [0.2, 0.25) is 11.7 Å². The number of aromatic nitrogens is 5. The van der Waals surface area contributed by atoms with Gasteiger partial charge in [0.1, 0.15) is 0 Å². The molecule has 4 rings (SSSR count). The molecule has 0 bridgehead atoms. The molecule has 0 aromatic carbocycles. The Balaban J connectivity index is 1.69. The van der Waals surface area contributed by atoms with Gasteiger partial charge in [0, 0.05) is 24.6 Å². The van der Waals surface area contributed by atoms with Gasteiger partial charge in [0.25, 0.3) is 0 Å². The lowest BCUT2D eigenvalue weighted by Gasteiger charge is -2.19. The Labute approximate surface area is 140 Å². The summed E-state index contributed by atoms with van der Waals surface area (Å²) in [5, 5.41) is 12.0. The molecule has 2 atom stereocenters. The molecule has 1 N–H and O–H groups in total. The number of nitrogens with zero attached hydrogens (tertiary/aromatic N) is 5. The molecule has 0 saturated carbocycles. The van der Waals surface area contributed by atoms with E-state index in [1.165, 1.54) is 0 Å². The van der Waals surface area contributed by atoms with E-state index in [9.17, 15) is 0 Å². The van der Waals surface area contributed by atoms with Crippen molar-refractivity contribution in [2.75, 3.05) is 6.54 Å². The SMILES string of the molecule is CC(C)C1NCCC1c1nc(-c2cccnc2-n2cccn2)no1. The van der Waals surface area contributed by atoms with E-state index in [-0.39, 0.29) is 5.92 Å². The second-order valence-electron chi connectivity index (χ2n) is 6.40. The molecule has 0 aliphatic carbocycles. The predicted molar refractivity (Wildman–Crippen MR) is 88.6 cm³/mol.